The molecule has 5 heteroatoms. The molecule has 1 atom stereocenters. The quantitative estimate of drug-likeness (QED) is 0.850. The molecule has 1 unspecified atom stereocenters. The Labute approximate surface area is 167 Å². The van der Waals surface area contributed by atoms with Crippen LogP contribution in [0.5, 0.6) is 0 Å². The minimum Gasteiger partial charge on any atom is -0.357 e. The summed E-state index contributed by atoms with van der Waals surface area (Å²) in [6.45, 7) is 8.00. The van der Waals surface area contributed by atoms with Gasteiger partial charge in [-0.2, -0.15) is 5.26 Å². The summed E-state index contributed by atoms with van der Waals surface area (Å²) >= 11 is 0. The highest BCUT2D eigenvalue weighted by molar-refractivity contribution is 5.79. The molecule has 1 aromatic heterocycles. The minimum absolute atomic E-state index is 0.00642. The molecule has 1 N–H and O–H groups in total. The van der Waals surface area contributed by atoms with E-state index in [1.165, 1.54) is 5.56 Å². The van der Waals surface area contributed by atoms with Gasteiger partial charge in [0.1, 0.15) is 11.9 Å². The van der Waals surface area contributed by atoms with Gasteiger partial charge in [0, 0.05) is 25.2 Å². The maximum absolute atomic E-state index is 12.7. The number of amides is 1. The van der Waals surface area contributed by atoms with Crippen molar-refractivity contribution in [1.29, 1.82) is 5.26 Å². The van der Waals surface area contributed by atoms with Crippen molar-refractivity contribution in [2.45, 2.75) is 45.6 Å². The first-order valence-electron chi connectivity index (χ1n) is 9.99. The molecule has 1 saturated heterocycles. The van der Waals surface area contributed by atoms with Crippen LogP contribution in [-0.4, -0.2) is 24.0 Å². The Morgan fingerprint density at radius 2 is 1.75 bits per heavy atom. The van der Waals surface area contributed by atoms with E-state index in [1.54, 1.807) is 12.3 Å². The Balaban J connectivity index is 1.52. The lowest BCUT2D eigenvalue weighted by atomic mass is 9.94. The van der Waals surface area contributed by atoms with Crippen LogP contribution < -0.4 is 10.2 Å². The van der Waals surface area contributed by atoms with Crippen LogP contribution in [0.1, 0.15) is 62.3 Å². The van der Waals surface area contributed by atoms with Crippen molar-refractivity contribution in [3.05, 3.63) is 59.3 Å². The Kier molecular flexibility index (Phi) is 6.30. The van der Waals surface area contributed by atoms with Gasteiger partial charge in [-0.3, -0.25) is 4.79 Å². The van der Waals surface area contributed by atoms with Crippen molar-refractivity contribution in [2.75, 3.05) is 18.0 Å². The van der Waals surface area contributed by atoms with E-state index in [2.05, 4.69) is 59.4 Å². The van der Waals surface area contributed by atoms with Gasteiger partial charge in [0.2, 0.25) is 5.91 Å². The molecule has 5 nitrogen and oxygen atoms in total. The molecule has 146 valence electrons. The fourth-order valence-corrected chi connectivity index (χ4v) is 3.59. The molecule has 2 aromatic rings. The summed E-state index contributed by atoms with van der Waals surface area (Å²) in [5, 5.41) is 12.1. The number of hydrogen-bond acceptors (Lipinski definition) is 4. The van der Waals surface area contributed by atoms with E-state index in [0.29, 0.717) is 11.5 Å². The second-order valence-electron chi connectivity index (χ2n) is 7.83. The van der Waals surface area contributed by atoms with Crippen molar-refractivity contribution in [2.24, 2.45) is 5.92 Å². The highest BCUT2D eigenvalue weighted by Gasteiger charge is 2.26. The van der Waals surface area contributed by atoms with Gasteiger partial charge in [-0.15, -0.1) is 0 Å². The van der Waals surface area contributed by atoms with Gasteiger partial charge in [-0.1, -0.05) is 38.1 Å². The van der Waals surface area contributed by atoms with Crippen molar-refractivity contribution < 1.29 is 4.79 Å². The number of carbonyl (C=O) groups excluding carboxylic acids is 1. The first-order chi connectivity index (χ1) is 13.5. The fraction of sp³-hybridized carbons (Fsp3) is 0.435. The zero-order valence-electron chi connectivity index (χ0n) is 16.9. The first-order valence-corrected chi connectivity index (χ1v) is 9.99. The van der Waals surface area contributed by atoms with E-state index >= 15 is 0 Å². The molecule has 28 heavy (non-hydrogen) atoms. The number of benzene rings is 1. The van der Waals surface area contributed by atoms with Gasteiger partial charge in [-0.05, 0) is 48.9 Å². The van der Waals surface area contributed by atoms with E-state index in [0.717, 1.165) is 37.3 Å². The van der Waals surface area contributed by atoms with E-state index in [1.807, 2.05) is 13.0 Å². The summed E-state index contributed by atoms with van der Waals surface area (Å²) in [6.07, 6.45) is 3.22. The van der Waals surface area contributed by atoms with Gasteiger partial charge < -0.3 is 10.2 Å². The highest BCUT2D eigenvalue weighted by atomic mass is 16.1. The zero-order chi connectivity index (χ0) is 20.1. The lowest BCUT2D eigenvalue weighted by Crippen LogP contribution is -2.41. The van der Waals surface area contributed by atoms with Gasteiger partial charge >= 0.3 is 0 Å². The Hall–Kier alpha value is -2.87. The average molecular weight is 377 g/mol. The summed E-state index contributed by atoms with van der Waals surface area (Å²) in [4.78, 5) is 19.2. The van der Waals surface area contributed by atoms with E-state index in [-0.39, 0.29) is 17.9 Å². The van der Waals surface area contributed by atoms with E-state index in [9.17, 15) is 4.79 Å². The summed E-state index contributed by atoms with van der Waals surface area (Å²) in [6, 6.07) is 14.3. The molecule has 0 saturated carbocycles. The van der Waals surface area contributed by atoms with Crippen molar-refractivity contribution in [3.8, 4) is 6.07 Å². The number of carbonyl (C=O) groups is 1. The number of pyridine rings is 1. The molecule has 2 heterocycles. The van der Waals surface area contributed by atoms with Gasteiger partial charge in [0.15, 0.2) is 0 Å². The Morgan fingerprint density at radius 3 is 2.29 bits per heavy atom. The van der Waals surface area contributed by atoms with Crippen LogP contribution in [0.4, 0.5) is 5.82 Å². The fourth-order valence-electron chi connectivity index (χ4n) is 3.59. The van der Waals surface area contributed by atoms with Gasteiger partial charge in [-0.25, -0.2) is 4.98 Å². The summed E-state index contributed by atoms with van der Waals surface area (Å²) in [5.74, 6) is 1.55. The molecular formula is C23H28N4O. The third kappa shape index (κ3) is 4.69. The van der Waals surface area contributed by atoms with E-state index in [4.69, 9.17) is 5.26 Å². The number of nitrogens with zero attached hydrogens (tertiary/aromatic N) is 3. The second kappa shape index (κ2) is 8.88. The molecule has 0 radical (unpaired) electrons. The second-order valence-corrected chi connectivity index (χ2v) is 7.83. The third-order valence-electron chi connectivity index (χ3n) is 5.53. The topological polar surface area (TPSA) is 69.0 Å². The van der Waals surface area contributed by atoms with Crippen molar-refractivity contribution >= 4 is 11.7 Å². The monoisotopic (exact) mass is 376 g/mol. The van der Waals surface area contributed by atoms with Crippen LogP contribution in [0.3, 0.4) is 0 Å². The number of rotatable bonds is 5. The smallest absolute Gasteiger partial charge is 0.223 e. The predicted octanol–water partition coefficient (Wildman–Crippen LogP) is 4.17. The summed E-state index contributed by atoms with van der Waals surface area (Å²) in [5.41, 5.74) is 3.01. The Morgan fingerprint density at radius 1 is 1.11 bits per heavy atom. The molecular weight excluding hydrogens is 348 g/mol. The minimum atomic E-state index is 0.00642. The molecule has 0 aliphatic carbocycles. The number of aromatic nitrogens is 1. The van der Waals surface area contributed by atoms with Crippen LogP contribution in [-0.2, 0) is 4.79 Å². The number of nitrogens with one attached hydrogen (secondary N) is 1. The number of anilines is 1. The maximum Gasteiger partial charge on any atom is 0.223 e. The van der Waals surface area contributed by atoms with Crippen LogP contribution >= 0.6 is 0 Å². The number of hydrogen-bond donors (Lipinski definition) is 1. The maximum atomic E-state index is 12.7. The molecule has 1 aromatic carbocycles. The highest BCUT2D eigenvalue weighted by Crippen LogP contribution is 2.24. The molecule has 1 fully saturated rings. The Bertz CT molecular complexity index is 828. The van der Waals surface area contributed by atoms with Gasteiger partial charge in [0.25, 0.3) is 0 Å². The SMILES string of the molecule is CC(C)c1ccc(C(C)NC(=O)C2CCN(c3ccc(C#N)cn3)CC2)cc1. The van der Waals surface area contributed by atoms with Crippen LogP contribution in [0.15, 0.2) is 42.6 Å². The predicted molar refractivity (Wildman–Crippen MR) is 111 cm³/mol. The van der Waals surface area contributed by atoms with Crippen molar-refractivity contribution in [1.82, 2.24) is 10.3 Å². The molecule has 0 bridgehead atoms. The first kappa shape index (κ1) is 19.9. The largest absolute Gasteiger partial charge is 0.357 e. The average Bonchev–Trinajstić information content (AvgIpc) is 2.74. The van der Waals surface area contributed by atoms with Crippen LogP contribution in [0, 0.1) is 17.2 Å². The molecule has 1 aliphatic heterocycles. The normalized spacial score (nSPS) is 15.9. The van der Waals surface area contributed by atoms with Crippen LogP contribution in [0.2, 0.25) is 0 Å². The van der Waals surface area contributed by atoms with E-state index < -0.39 is 0 Å². The lowest BCUT2D eigenvalue weighted by Gasteiger charge is -2.32. The number of nitriles is 1. The molecule has 1 amide bonds. The molecule has 1 aliphatic rings. The molecule has 0 spiro atoms. The lowest BCUT2D eigenvalue weighted by molar-refractivity contribution is -0.126. The summed E-state index contributed by atoms with van der Waals surface area (Å²) in [7, 11) is 0. The third-order valence-corrected chi connectivity index (χ3v) is 5.53. The standard InChI is InChI=1S/C23H28N4O/c1-16(2)19-5-7-20(8-6-19)17(3)26-23(28)21-10-12-27(13-11-21)22-9-4-18(14-24)15-25-22/h4-9,15-17,21H,10-13H2,1-3H3,(H,26,28). The number of piperidine rings is 1. The van der Waals surface area contributed by atoms with Crippen molar-refractivity contribution in [3.63, 3.8) is 0 Å². The zero-order valence-corrected chi connectivity index (χ0v) is 16.9. The summed E-state index contributed by atoms with van der Waals surface area (Å²) < 4.78 is 0. The van der Waals surface area contributed by atoms with Gasteiger partial charge in [0.05, 0.1) is 11.6 Å². The molecule has 3 rings (SSSR count). The van der Waals surface area contributed by atoms with Crippen LogP contribution in [0.25, 0.3) is 0 Å².